The van der Waals surface area contributed by atoms with Gasteiger partial charge in [-0.3, -0.25) is 0 Å². The first kappa shape index (κ1) is 26.8. The standard InChI is InChI=1S/C34H24Cl2N4O2S2/c1-3-39-19-9-5-7-11-25(19)43-27-15-23-17(13-21(27)39)37-31-29(35)34-32(30(36)33(31)41-23)38-18-14-22-28(16-24(18)42-34)44-26-12-8-6-10-20(26)40(22)4-2/h5-16,29,34H,3-4H2,1-2H3. The molecule has 9 rings (SSSR count). The minimum absolute atomic E-state index is 0.373. The van der Waals surface area contributed by atoms with Gasteiger partial charge in [0, 0.05) is 32.7 Å². The number of hydrogen-bond acceptors (Lipinski definition) is 8. The van der Waals surface area contributed by atoms with Gasteiger partial charge in [-0.1, -0.05) is 59.4 Å². The molecule has 44 heavy (non-hydrogen) atoms. The number of fused-ring (bicyclic) bond motifs is 8. The van der Waals surface area contributed by atoms with Crippen molar-refractivity contribution in [1.29, 1.82) is 0 Å². The number of rotatable bonds is 2. The first-order chi connectivity index (χ1) is 21.5. The van der Waals surface area contributed by atoms with Gasteiger partial charge in [0.1, 0.15) is 39.0 Å². The lowest BCUT2D eigenvalue weighted by atomic mass is 9.95. The summed E-state index contributed by atoms with van der Waals surface area (Å²) < 4.78 is 13.1. The number of ether oxygens (including phenoxy) is 2. The van der Waals surface area contributed by atoms with Gasteiger partial charge in [-0.2, -0.15) is 0 Å². The highest BCUT2D eigenvalue weighted by Crippen LogP contribution is 2.55. The van der Waals surface area contributed by atoms with E-state index in [4.69, 9.17) is 42.7 Å². The van der Waals surface area contributed by atoms with Gasteiger partial charge in [0.2, 0.25) is 0 Å². The molecule has 0 N–H and O–H groups in total. The molecule has 2 unspecified atom stereocenters. The average molecular weight is 656 g/mol. The number of alkyl halides is 1. The van der Waals surface area contributed by atoms with Gasteiger partial charge in [0.15, 0.2) is 17.6 Å². The Morgan fingerprint density at radius 2 is 1.25 bits per heavy atom. The maximum Gasteiger partial charge on any atom is 0.171 e. The van der Waals surface area contributed by atoms with Crippen LogP contribution in [0.4, 0.5) is 34.1 Å². The van der Waals surface area contributed by atoms with E-state index in [1.807, 2.05) is 0 Å². The SMILES string of the molecule is CCN1c2ccccc2Sc2cc3c(cc21)N=C1C(=C(Cl)C2=Nc4cc5c(cc4OC2C1Cl)Sc1ccccc1N5CC)O3. The molecule has 4 aromatic rings. The molecular weight excluding hydrogens is 631 g/mol. The summed E-state index contributed by atoms with van der Waals surface area (Å²) in [5.74, 6) is 1.76. The maximum absolute atomic E-state index is 7.15. The van der Waals surface area contributed by atoms with Crippen LogP contribution in [0.25, 0.3) is 0 Å². The number of hydrogen-bond donors (Lipinski definition) is 0. The Morgan fingerprint density at radius 1 is 0.705 bits per heavy atom. The highest BCUT2D eigenvalue weighted by Gasteiger charge is 2.46. The zero-order valence-electron chi connectivity index (χ0n) is 23.7. The van der Waals surface area contributed by atoms with Crippen molar-refractivity contribution in [2.75, 3.05) is 22.9 Å². The summed E-state index contributed by atoms with van der Waals surface area (Å²) in [7, 11) is 0. The Balaban J connectivity index is 1.13. The monoisotopic (exact) mass is 654 g/mol. The van der Waals surface area contributed by atoms with E-state index >= 15 is 0 Å². The lowest BCUT2D eigenvalue weighted by Gasteiger charge is -2.38. The van der Waals surface area contributed by atoms with Crippen molar-refractivity contribution in [2.45, 2.75) is 44.9 Å². The molecule has 5 aliphatic rings. The molecule has 0 saturated carbocycles. The van der Waals surface area contributed by atoms with Crippen molar-refractivity contribution in [3.63, 3.8) is 0 Å². The molecular formula is C34H24Cl2N4O2S2. The van der Waals surface area contributed by atoms with Gasteiger partial charge >= 0.3 is 0 Å². The van der Waals surface area contributed by atoms with Crippen LogP contribution >= 0.6 is 46.7 Å². The predicted octanol–water partition coefficient (Wildman–Crippen LogP) is 10.0. The van der Waals surface area contributed by atoms with Gasteiger partial charge in [-0.25, -0.2) is 9.98 Å². The number of benzene rings is 4. The largest absolute Gasteiger partial charge is 0.480 e. The summed E-state index contributed by atoms with van der Waals surface area (Å²) in [6.45, 7) is 5.97. The smallest absolute Gasteiger partial charge is 0.171 e. The highest BCUT2D eigenvalue weighted by atomic mass is 35.5. The van der Waals surface area contributed by atoms with Crippen molar-refractivity contribution in [3.05, 3.63) is 83.6 Å². The predicted molar refractivity (Wildman–Crippen MR) is 181 cm³/mol. The van der Waals surface area contributed by atoms with Crippen molar-refractivity contribution in [1.82, 2.24) is 0 Å². The third kappa shape index (κ3) is 3.84. The molecule has 4 aromatic carbocycles. The number of allylic oxidation sites excluding steroid dienone is 1. The third-order valence-corrected chi connectivity index (χ3v) is 11.5. The van der Waals surface area contributed by atoms with E-state index in [0.717, 1.165) is 45.6 Å². The van der Waals surface area contributed by atoms with Gasteiger partial charge in [-0.15, -0.1) is 11.6 Å². The van der Waals surface area contributed by atoms with Gasteiger partial charge in [0.05, 0.1) is 22.7 Å². The number of halogens is 2. The van der Waals surface area contributed by atoms with Crippen molar-refractivity contribution in [2.24, 2.45) is 9.98 Å². The Labute approximate surface area is 273 Å². The summed E-state index contributed by atoms with van der Waals surface area (Å²) in [6, 6.07) is 25.2. The van der Waals surface area contributed by atoms with Crippen LogP contribution in [0.15, 0.2) is 113 Å². The molecule has 0 radical (unpaired) electrons. The summed E-state index contributed by atoms with van der Waals surface area (Å²) in [5.41, 5.74) is 7.12. The van der Waals surface area contributed by atoms with E-state index in [9.17, 15) is 0 Å². The van der Waals surface area contributed by atoms with Crippen LogP contribution in [0, 0.1) is 0 Å². The minimum atomic E-state index is -0.641. The fourth-order valence-electron chi connectivity index (χ4n) is 6.43. The van der Waals surface area contributed by atoms with E-state index in [-0.39, 0.29) is 0 Å². The van der Waals surface area contributed by atoms with Crippen LogP contribution < -0.4 is 19.3 Å². The van der Waals surface area contributed by atoms with Crippen LogP contribution in [-0.4, -0.2) is 36.0 Å². The van der Waals surface area contributed by atoms with Gasteiger partial charge in [0.25, 0.3) is 0 Å². The number of para-hydroxylation sites is 2. The van der Waals surface area contributed by atoms with Crippen LogP contribution in [0.1, 0.15) is 13.8 Å². The Kier molecular flexibility index (Phi) is 6.08. The third-order valence-electron chi connectivity index (χ3n) is 8.45. The molecule has 0 saturated heterocycles. The van der Waals surface area contributed by atoms with Crippen LogP contribution in [0.2, 0.25) is 0 Å². The molecule has 0 aromatic heterocycles. The summed E-state index contributed by atoms with van der Waals surface area (Å²) in [4.78, 5) is 19.3. The van der Waals surface area contributed by atoms with Crippen LogP contribution in [0.3, 0.4) is 0 Å². The molecule has 0 fully saturated rings. The normalized spacial score (nSPS) is 20.3. The quantitative estimate of drug-likeness (QED) is 0.201. The van der Waals surface area contributed by atoms with E-state index in [1.54, 1.807) is 23.5 Å². The molecule has 2 atom stereocenters. The van der Waals surface area contributed by atoms with E-state index in [2.05, 4.69) is 96.4 Å². The highest BCUT2D eigenvalue weighted by molar-refractivity contribution is 8.00. The summed E-state index contributed by atoms with van der Waals surface area (Å²) in [6.07, 6.45) is -0.599. The fraction of sp³-hybridized carbons (Fsp3) is 0.176. The van der Waals surface area contributed by atoms with Gasteiger partial charge < -0.3 is 19.3 Å². The molecule has 218 valence electrons. The summed E-state index contributed by atoms with van der Waals surface area (Å²) in [5, 5.41) is -0.268. The average Bonchev–Trinajstić information content (AvgIpc) is 3.05. The molecule has 10 heteroatoms. The van der Waals surface area contributed by atoms with E-state index in [1.165, 1.54) is 21.2 Å². The minimum Gasteiger partial charge on any atom is -0.480 e. The first-order valence-electron chi connectivity index (χ1n) is 14.5. The second-order valence-electron chi connectivity index (χ2n) is 10.9. The Morgan fingerprint density at radius 3 is 1.86 bits per heavy atom. The number of nitrogens with zero attached hydrogens (tertiary/aromatic N) is 4. The first-order valence-corrected chi connectivity index (χ1v) is 17.0. The zero-order valence-corrected chi connectivity index (χ0v) is 26.8. The Hall–Kier alpha value is -3.56. The van der Waals surface area contributed by atoms with Crippen molar-refractivity contribution < 1.29 is 9.47 Å². The second kappa shape index (κ2) is 9.97. The number of aliphatic imine (C=N–C) groups is 2. The molecule has 1 aliphatic carbocycles. The Bertz CT molecular complexity index is 2030. The second-order valence-corrected chi connectivity index (χ2v) is 13.9. The zero-order chi connectivity index (χ0) is 29.7. The van der Waals surface area contributed by atoms with Crippen LogP contribution in [-0.2, 0) is 0 Å². The molecule has 0 bridgehead atoms. The van der Waals surface area contributed by atoms with E-state index in [0.29, 0.717) is 33.7 Å². The molecule has 0 spiro atoms. The topological polar surface area (TPSA) is 49.7 Å². The van der Waals surface area contributed by atoms with Crippen molar-refractivity contribution in [3.8, 4) is 11.5 Å². The lowest BCUT2D eigenvalue weighted by molar-refractivity contribution is 0.269. The van der Waals surface area contributed by atoms with Crippen LogP contribution in [0.5, 0.6) is 11.5 Å². The molecule has 0 amide bonds. The summed E-state index contributed by atoms with van der Waals surface area (Å²) >= 11 is 17.7. The van der Waals surface area contributed by atoms with Gasteiger partial charge in [-0.05, 0) is 62.4 Å². The maximum atomic E-state index is 7.15. The van der Waals surface area contributed by atoms with Crippen molar-refractivity contribution >= 4 is 92.3 Å². The molecule has 4 heterocycles. The fourth-order valence-corrected chi connectivity index (χ4v) is 9.25. The van der Waals surface area contributed by atoms with E-state index < -0.39 is 11.5 Å². The number of anilines is 4. The molecule has 6 nitrogen and oxygen atoms in total. The molecule has 4 aliphatic heterocycles. The lowest BCUT2D eigenvalue weighted by Crippen LogP contribution is -2.48.